The molecule has 2 fully saturated rings. The van der Waals surface area contributed by atoms with Gasteiger partial charge in [0.25, 0.3) is 5.56 Å². The van der Waals surface area contributed by atoms with E-state index in [0.717, 1.165) is 12.8 Å². The van der Waals surface area contributed by atoms with Gasteiger partial charge in [0.05, 0.1) is 28.2 Å². The maximum absolute atomic E-state index is 13.1. The average Bonchev–Trinajstić information content (AvgIpc) is 3.42. The maximum Gasteiger partial charge on any atom is 0.262 e. The third-order valence-corrected chi connectivity index (χ3v) is 8.43. The Kier molecular flexibility index (Phi) is 5.89. The number of thioether (sulfide) groups is 1. The van der Waals surface area contributed by atoms with Crippen LogP contribution >= 0.6 is 23.4 Å². The third-order valence-electron chi connectivity index (χ3n) is 5.50. The number of halogens is 1. The van der Waals surface area contributed by atoms with Crippen molar-refractivity contribution in [3.05, 3.63) is 33.6 Å². The van der Waals surface area contributed by atoms with Gasteiger partial charge in [0.2, 0.25) is 5.91 Å². The lowest BCUT2D eigenvalue weighted by atomic mass is 10.2. The lowest BCUT2D eigenvalue weighted by molar-refractivity contribution is -0.130. The van der Waals surface area contributed by atoms with Crippen LogP contribution in [0.2, 0.25) is 5.02 Å². The second kappa shape index (κ2) is 8.16. The van der Waals surface area contributed by atoms with Crippen molar-refractivity contribution in [2.24, 2.45) is 0 Å². The summed E-state index contributed by atoms with van der Waals surface area (Å²) in [7, 11) is -3.07. The molecule has 1 atom stereocenters. The van der Waals surface area contributed by atoms with Gasteiger partial charge in [-0.1, -0.05) is 23.4 Å². The van der Waals surface area contributed by atoms with Crippen molar-refractivity contribution in [3.63, 3.8) is 0 Å². The van der Waals surface area contributed by atoms with Crippen LogP contribution in [0.15, 0.2) is 28.2 Å². The van der Waals surface area contributed by atoms with Crippen molar-refractivity contribution < 1.29 is 13.2 Å². The molecular weight excluding hydrogens is 446 g/mol. The summed E-state index contributed by atoms with van der Waals surface area (Å²) >= 11 is 7.29. The van der Waals surface area contributed by atoms with E-state index in [1.807, 2.05) is 13.8 Å². The SMILES string of the molecule is CC(C)n1c(SCC(=O)N(C2CC2)C2CCS(=O)(=O)C2)nc2cc(Cl)ccc2c1=O. The zero-order chi connectivity index (χ0) is 21.6. The summed E-state index contributed by atoms with van der Waals surface area (Å²) in [6, 6.07) is 4.74. The topological polar surface area (TPSA) is 89.3 Å². The molecule has 4 rings (SSSR count). The molecule has 1 amide bonds. The smallest absolute Gasteiger partial charge is 0.262 e. The Bertz CT molecular complexity index is 1160. The van der Waals surface area contributed by atoms with Gasteiger partial charge < -0.3 is 4.90 Å². The van der Waals surface area contributed by atoms with Gasteiger partial charge in [-0.2, -0.15) is 0 Å². The fourth-order valence-electron chi connectivity index (χ4n) is 3.96. The molecule has 1 aromatic carbocycles. The van der Waals surface area contributed by atoms with E-state index in [0.29, 0.717) is 27.5 Å². The molecule has 2 aliphatic rings. The molecular formula is C20H24ClN3O4S2. The number of carbonyl (C=O) groups is 1. The molecule has 1 unspecified atom stereocenters. The van der Waals surface area contributed by atoms with Crippen LogP contribution in [0.4, 0.5) is 0 Å². The molecule has 2 aromatic rings. The highest BCUT2D eigenvalue weighted by molar-refractivity contribution is 7.99. The van der Waals surface area contributed by atoms with Crippen molar-refractivity contribution in [2.75, 3.05) is 17.3 Å². The molecule has 0 N–H and O–H groups in total. The third kappa shape index (κ3) is 4.38. The summed E-state index contributed by atoms with van der Waals surface area (Å²) in [6.07, 6.45) is 2.32. The fourth-order valence-corrected chi connectivity index (χ4v) is 6.84. The lowest BCUT2D eigenvalue weighted by Crippen LogP contribution is -2.43. The average molecular weight is 470 g/mol. The van der Waals surface area contributed by atoms with E-state index < -0.39 is 9.84 Å². The Morgan fingerprint density at radius 3 is 2.63 bits per heavy atom. The van der Waals surface area contributed by atoms with E-state index in [1.54, 1.807) is 27.7 Å². The first kappa shape index (κ1) is 21.6. The van der Waals surface area contributed by atoms with Crippen molar-refractivity contribution in [2.45, 2.75) is 56.4 Å². The zero-order valence-corrected chi connectivity index (χ0v) is 19.3. The van der Waals surface area contributed by atoms with E-state index >= 15 is 0 Å². The van der Waals surface area contributed by atoms with Crippen LogP contribution in [-0.4, -0.2) is 58.1 Å². The number of rotatable bonds is 6. The van der Waals surface area contributed by atoms with E-state index in [9.17, 15) is 18.0 Å². The Morgan fingerprint density at radius 2 is 2.03 bits per heavy atom. The summed E-state index contributed by atoms with van der Waals surface area (Å²) in [5, 5.41) is 1.44. The quantitative estimate of drug-likeness (QED) is 0.477. The summed E-state index contributed by atoms with van der Waals surface area (Å²) in [5.74, 6) is 0.198. The minimum absolute atomic E-state index is 0.0450. The van der Waals surface area contributed by atoms with Gasteiger partial charge >= 0.3 is 0 Å². The minimum Gasteiger partial charge on any atom is -0.335 e. The van der Waals surface area contributed by atoms with Crippen molar-refractivity contribution in [1.29, 1.82) is 0 Å². The second-order valence-electron chi connectivity index (χ2n) is 8.20. The summed E-state index contributed by atoms with van der Waals surface area (Å²) in [4.78, 5) is 32.4. The lowest BCUT2D eigenvalue weighted by Gasteiger charge is -2.28. The number of benzene rings is 1. The highest BCUT2D eigenvalue weighted by Gasteiger charge is 2.42. The molecule has 30 heavy (non-hydrogen) atoms. The number of carbonyl (C=O) groups excluding carboxylic acids is 1. The standard InChI is InChI=1S/C20H24ClN3O4S2/c1-12(2)23-19(26)16-6-3-13(21)9-17(16)22-20(23)29-10-18(25)24(14-4-5-14)15-7-8-30(27,28)11-15/h3,6,9,12,14-15H,4-5,7-8,10-11H2,1-2H3. The first-order valence-corrected chi connectivity index (χ1v) is 13.2. The van der Waals surface area contributed by atoms with Gasteiger partial charge in [0, 0.05) is 23.1 Å². The first-order valence-electron chi connectivity index (χ1n) is 10.0. The van der Waals surface area contributed by atoms with Crippen LogP contribution in [0.3, 0.4) is 0 Å². The van der Waals surface area contributed by atoms with Gasteiger partial charge in [0.15, 0.2) is 15.0 Å². The number of hydrogen-bond donors (Lipinski definition) is 0. The Balaban J connectivity index is 1.60. The summed E-state index contributed by atoms with van der Waals surface area (Å²) < 4.78 is 25.4. The largest absolute Gasteiger partial charge is 0.335 e. The maximum atomic E-state index is 13.1. The molecule has 162 valence electrons. The molecule has 1 aliphatic carbocycles. The van der Waals surface area contributed by atoms with Crippen molar-refractivity contribution >= 4 is 50.0 Å². The number of fused-ring (bicyclic) bond motifs is 1. The normalized spacial score (nSPS) is 20.7. The molecule has 1 aliphatic heterocycles. The van der Waals surface area contributed by atoms with E-state index in [-0.39, 0.29) is 46.9 Å². The van der Waals surface area contributed by atoms with Crippen molar-refractivity contribution in [3.8, 4) is 0 Å². The molecule has 0 spiro atoms. The van der Waals surface area contributed by atoms with E-state index in [2.05, 4.69) is 4.98 Å². The van der Waals surface area contributed by atoms with Crippen LogP contribution in [0.5, 0.6) is 0 Å². The molecule has 7 nitrogen and oxygen atoms in total. The number of aromatic nitrogens is 2. The highest BCUT2D eigenvalue weighted by atomic mass is 35.5. The Hall–Kier alpha value is -1.58. The van der Waals surface area contributed by atoms with Crippen molar-refractivity contribution in [1.82, 2.24) is 14.5 Å². The van der Waals surface area contributed by atoms with Crippen LogP contribution in [-0.2, 0) is 14.6 Å². The molecule has 0 bridgehead atoms. The van der Waals surface area contributed by atoms with E-state index in [1.165, 1.54) is 11.8 Å². The number of amides is 1. The van der Waals surface area contributed by atoms with Gasteiger partial charge in [0.1, 0.15) is 0 Å². The molecule has 1 aromatic heterocycles. The molecule has 2 heterocycles. The monoisotopic (exact) mass is 469 g/mol. The number of hydrogen-bond acceptors (Lipinski definition) is 6. The second-order valence-corrected chi connectivity index (χ2v) is 11.8. The predicted molar refractivity (Wildman–Crippen MR) is 119 cm³/mol. The predicted octanol–water partition coefficient (Wildman–Crippen LogP) is 2.90. The number of sulfone groups is 1. The van der Waals surface area contributed by atoms with Gasteiger partial charge in [-0.05, 0) is 51.3 Å². The Morgan fingerprint density at radius 1 is 1.30 bits per heavy atom. The molecule has 1 saturated heterocycles. The highest BCUT2D eigenvalue weighted by Crippen LogP contribution is 2.33. The molecule has 1 saturated carbocycles. The van der Waals surface area contributed by atoms with Gasteiger partial charge in [-0.3, -0.25) is 14.2 Å². The van der Waals surface area contributed by atoms with Crippen LogP contribution in [0.25, 0.3) is 10.9 Å². The first-order chi connectivity index (χ1) is 14.2. The van der Waals surface area contributed by atoms with Gasteiger partial charge in [-0.25, -0.2) is 13.4 Å². The molecule has 10 heteroatoms. The number of nitrogens with zero attached hydrogens (tertiary/aromatic N) is 3. The minimum atomic E-state index is -3.07. The fraction of sp³-hybridized carbons (Fsp3) is 0.550. The molecule has 0 radical (unpaired) electrons. The van der Waals surface area contributed by atoms with Crippen LogP contribution < -0.4 is 5.56 Å². The van der Waals surface area contributed by atoms with Crippen LogP contribution in [0.1, 0.15) is 39.2 Å². The Labute approximate surface area is 184 Å². The van der Waals surface area contributed by atoms with Crippen LogP contribution in [0, 0.1) is 0 Å². The zero-order valence-electron chi connectivity index (χ0n) is 16.9. The summed E-state index contributed by atoms with van der Waals surface area (Å²) in [6.45, 7) is 3.80. The van der Waals surface area contributed by atoms with Gasteiger partial charge in [-0.15, -0.1) is 0 Å². The van der Waals surface area contributed by atoms with E-state index in [4.69, 9.17) is 11.6 Å². The summed E-state index contributed by atoms with van der Waals surface area (Å²) in [5.41, 5.74) is 0.336.